The van der Waals surface area contributed by atoms with Gasteiger partial charge in [0.2, 0.25) is 0 Å². The quantitative estimate of drug-likeness (QED) is 0.605. The van der Waals surface area contributed by atoms with Gasteiger partial charge in [-0.05, 0) is 26.8 Å². The summed E-state index contributed by atoms with van der Waals surface area (Å²) >= 11 is 0. The predicted molar refractivity (Wildman–Crippen MR) is 69.9 cm³/mol. The Morgan fingerprint density at radius 1 is 1.44 bits per heavy atom. The van der Waals surface area contributed by atoms with E-state index < -0.39 is 0 Å². The SMILES string of the molecule is Cc1cc(NN)nc(CN(C)C2CCOCC2)n1. The van der Waals surface area contributed by atoms with Gasteiger partial charge in [0.1, 0.15) is 11.6 Å². The molecule has 0 atom stereocenters. The van der Waals surface area contributed by atoms with Crippen LogP contribution >= 0.6 is 0 Å². The number of ether oxygens (including phenoxy) is 1. The molecule has 6 nitrogen and oxygen atoms in total. The maximum atomic E-state index is 5.39. The van der Waals surface area contributed by atoms with Crippen LogP contribution in [0.5, 0.6) is 0 Å². The summed E-state index contributed by atoms with van der Waals surface area (Å²) in [6.45, 7) is 4.38. The van der Waals surface area contributed by atoms with Gasteiger partial charge in [-0.1, -0.05) is 0 Å². The second kappa shape index (κ2) is 6.08. The summed E-state index contributed by atoms with van der Waals surface area (Å²) < 4.78 is 5.37. The van der Waals surface area contributed by atoms with Crippen LogP contribution in [0.25, 0.3) is 0 Å². The van der Waals surface area contributed by atoms with Gasteiger partial charge in [0.25, 0.3) is 0 Å². The molecule has 2 heterocycles. The van der Waals surface area contributed by atoms with Crippen molar-refractivity contribution < 1.29 is 4.74 Å². The molecule has 1 saturated heterocycles. The third-order valence-corrected chi connectivity index (χ3v) is 3.25. The van der Waals surface area contributed by atoms with Crippen molar-refractivity contribution in [2.24, 2.45) is 5.84 Å². The third-order valence-electron chi connectivity index (χ3n) is 3.25. The number of anilines is 1. The molecule has 1 aliphatic heterocycles. The highest BCUT2D eigenvalue weighted by atomic mass is 16.5. The highest BCUT2D eigenvalue weighted by Gasteiger charge is 2.19. The molecule has 18 heavy (non-hydrogen) atoms. The van der Waals surface area contributed by atoms with Crippen molar-refractivity contribution in [3.8, 4) is 0 Å². The number of nitrogens with one attached hydrogen (secondary N) is 1. The Morgan fingerprint density at radius 2 is 2.17 bits per heavy atom. The number of hydrogen-bond acceptors (Lipinski definition) is 6. The highest BCUT2D eigenvalue weighted by molar-refractivity contribution is 5.33. The number of nitrogens with two attached hydrogens (primary N) is 1. The number of nitrogens with zero attached hydrogens (tertiary/aromatic N) is 3. The molecule has 6 heteroatoms. The van der Waals surface area contributed by atoms with E-state index in [0.717, 1.165) is 44.1 Å². The largest absolute Gasteiger partial charge is 0.381 e. The van der Waals surface area contributed by atoms with E-state index in [0.29, 0.717) is 11.9 Å². The smallest absolute Gasteiger partial charge is 0.145 e. The highest BCUT2D eigenvalue weighted by Crippen LogP contribution is 2.15. The zero-order chi connectivity index (χ0) is 13.0. The number of rotatable bonds is 4. The van der Waals surface area contributed by atoms with E-state index in [1.165, 1.54) is 0 Å². The number of hydrazine groups is 1. The van der Waals surface area contributed by atoms with Crippen LogP contribution < -0.4 is 11.3 Å². The first-order valence-electron chi connectivity index (χ1n) is 6.28. The summed E-state index contributed by atoms with van der Waals surface area (Å²) in [7, 11) is 2.11. The molecule has 0 spiro atoms. The molecule has 100 valence electrons. The van der Waals surface area contributed by atoms with Crippen LogP contribution in [0, 0.1) is 6.92 Å². The molecule has 0 aliphatic carbocycles. The Bertz CT molecular complexity index is 392. The van der Waals surface area contributed by atoms with Gasteiger partial charge >= 0.3 is 0 Å². The van der Waals surface area contributed by atoms with Gasteiger partial charge in [-0.25, -0.2) is 15.8 Å². The second-order valence-electron chi connectivity index (χ2n) is 4.71. The fraction of sp³-hybridized carbons (Fsp3) is 0.667. The van der Waals surface area contributed by atoms with E-state index in [-0.39, 0.29) is 0 Å². The van der Waals surface area contributed by atoms with E-state index in [2.05, 4.69) is 27.3 Å². The average Bonchev–Trinajstić information content (AvgIpc) is 2.39. The zero-order valence-corrected chi connectivity index (χ0v) is 11.0. The van der Waals surface area contributed by atoms with Gasteiger partial charge in [0, 0.05) is 31.0 Å². The van der Waals surface area contributed by atoms with Crippen molar-refractivity contribution in [1.29, 1.82) is 0 Å². The lowest BCUT2D eigenvalue weighted by atomic mass is 10.1. The standard InChI is InChI=1S/C12H21N5O/c1-9-7-11(16-13)15-12(14-9)8-17(2)10-3-5-18-6-4-10/h7,10H,3-6,8,13H2,1-2H3,(H,14,15,16). The van der Waals surface area contributed by atoms with E-state index >= 15 is 0 Å². The Balaban J connectivity index is 2.01. The number of nitrogen functional groups attached to an aromatic ring is 1. The van der Waals surface area contributed by atoms with E-state index in [1.54, 1.807) is 0 Å². The van der Waals surface area contributed by atoms with Gasteiger partial charge in [-0.2, -0.15) is 0 Å². The zero-order valence-electron chi connectivity index (χ0n) is 11.0. The van der Waals surface area contributed by atoms with Crippen molar-refractivity contribution in [2.75, 3.05) is 25.7 Å². The second-order valence-corrected chi connectivity index (χ2v) is 4.71. The molecule has 0 bridgehead atoms. The maximum absolute atomic E-state index is 5.39. The molecule has 0 radical (unpaired) electrons. The molecule has 0 amide bonds. The monoisotopic (exact) mass is 251 g/mol. The Labute approximate surface area is 108 Å². The number of hydrogen-bond donors (Lipinski definition) is 2. The van der Waals surface area contributed by atoms with E-state index in [4.69, 9.17) is 10.6 Å². The first kappa shape index (κ1) is 13.2. The van der Waals surface area contributed by atoms with Crippen molar-refractivity contribution >= 4 is 5.82 Å². The minimum Gasteiger partial charge on any atom is -0.381 e. The van der Waals surface area contributed by atoms with Crippen LogP contribution in [0.15, 0.2) is 6.07 Å². The lowest BCUT2D eigenvalue weighted by molar-refractivity contribution is 0.0399. The Morgan fingerprint density at radius 3 is 2.83 bits per heavy atom. The van der Waals surface area contributed by atoms with E-state index in [9.17, 15) is 0 Å². The number of aryl methyl sites for hydroxylation is 1. The minimum absolute atomic E-state index is 0.553. The van der Waals surface area contributed by atoms with Crippen LogP contribution in [0.1, 0.15) is 24.4 Å². The molecule has 3 N–H and O–H groups in total. The minimum atomic E-state index is 0.553. The van der Waals surface area contributed by atoms with Crippen molar-refractivity contribution in [3.63, 3.8) is 0 Å². The summed E-state index contributed by atoms with van der Waals surface area (Å²) in [6.07, 6.45) is 2.15. The van der Waals surface area contributed by atoms with Gasteiger partial charge in [-0.3, -0.25) is 4.90 Å². The third kappa shape index (κ3) is 3.38. The summed E-state index contributed by atoms with van der Waals surface area (Å²) in [6, 6.07) is 2.38. The summed E-state index contributed by atoms with van der Waals surface area (Å²) in [4.78, 5) is 11.1. The van der Waals surface area contributed by atoms with Crippen LogP contribution in [0.4, 0.5) is 5.82 Å². The lowest BCUT2D eigenvalue weighted by Gasteiger charge is -2.30. The first-order chi connectivity index (χ1) is 8.69. The first-order valence-corrected chi connectivity index (χ1v) is 6.28. The van der Waals surface area contributed by atoms with Crippen molar-refractivity contribution in [3.05, 3.63) is 17.6 Å². The molecule has 0 aromatic carbocycles. The fourth-order valence-corrected chi connectivity index (χ4v) is 2.25. The lowest BCUT2D eigenvalue weighted by Crippen LogP contribution is -2.36. The molecule has 0 unspecified atom stereocenters. The Kier molecular flexibility index (Phi) is 4.46. The van der Waals surface area contributed by atoms with Gasteiger partial charge in [0.05, 0.1) is 6.54 Å². The van der Waals surface area contributed by atoms with Gasteiger partial charge < -0.3 is 10.2 Å². The molecule has 1 aromatic heterocycles. The van der Waals surface area contributed by atoms with Crippen LogP contribution in [0.3, 0.4) is 0 Å². The maximum Gasteiger partial charge on any atom is 0.145 e. The van der Waals surface area contributed by atoms with Crippen LogP contribution in [-0.4, -0.2) is 41.2 Å². The molecule has 1 aromatic rings. The van der Waals surface area contributed by atoms with Crippen LogP contribution in [-0.2, 0) is 11.3 Å². The Hall–Kier alpha value is -1.24. The van der Waals surface area contributed by atoms with E-state index in [1.807, 2.05) is 13.0 Å². The molecule has 1 aliphatic rings. The summed E-state index contributed by atoms with van der Waals surface area (Å²) in [5, 5.41) is 0. The molecule has 0 saturated carbocycles. The van der Waals surface area contributed by atoms with Crippen molar-refractivity contribution in [2.45, 2.75) is 32.4 Å². The molecule has 1 fully saturated rings. The summed E-state index contributed by atoms with van der Waals surface area (Å²) in [5.74, 6) is 6.86. The molecular weight excluding hydrogens is 230 g/mol. The van der Waals surface area contributed by atoms with Crippen LogP contribution in [0.2, 0.25) is 0 Å². The fourth-order valence-electron chi connectivity index (χ4n) is 2.25. The van der Waals surface area contributed by atoms with Gasteiger partial charge in [-0.15, -0.1) is 0 Å². The topological polar surface area (TPSA) is 76.3 Å². The average molecular weight is 251 g/mol. The number of aromatic nitrogens is 2. The normalized spacial score (nSPS) is 17.1. The molecule has 2 rings (SSSR count). The van der Waals surface area contributed by atoms with Crippen molar-refractivity contribution in [1.82, 2.24) is 14.9 Å². The molecular formula is C12H21N5O. The predicted octanol–water partition coefficient (Wildman–Crippen LogP) is 0.681. The summed E-state index contributed by atoms with van der Waals surface area (Å²) in [5.41, 5.74) is 3.50. The van der Waals surface area contributed by atoms with Gasteiger partial charge in [0.15, 0.2) is 0 Å².